The van der Waals surface area contributed by atoms with Crippen molar-refractivity contribution in [1.82, 2.24) is 0 Å². The summed E-state index contributed by atoms with van der Waals surface area (Å²) in [5, 5.41) is 19.1. The van der Waals surface area contributed by atoms with Crippen LogP contribution in [0, 0.1) is 0 Å². The maximum Gasteiger partial charge on any atom is 0.187 e. The van der Waals surface area contributed by atoms with Crippen molar-refractivity contribution in [2.24, 2.45) is 0 Å². The van der Waals surface area contributed by atoms with Crippen molar-refractivity contribution in [2.75, 3.05) is 55.9 Å². The summed E-state index contributed by atoms with van der Waals surface area (Å²) < 4.78 is 52.1. The molecule has 11 nitrogen and oxygen atoms in total. The molecule has 0 aromatic rings. The van der Waals surface area contributed by atoms with E-state index in [1.165, 1.54) is 21.3 Å². The second kappa shape index (κ2) is 13.3. The molecule has 0 saturated carbocycles. The number of ether oxygens (including phenoxy) is 9. The Morgan fingerprint density at radius 3 is 1.39 bits per heavy atom. The van der Waals surface area contributed by atoms with Crippen LogP contribution < -0.4 is 0 Å². The average Bonchev–Trinajstić information content (AvgIpc) is 2.79. The topological polar surface area (TPSA) is 124 Å². The van der Waals surface area contributed by atoms with E-state index in [2.05, 4.69) is 0 Å². The van der Waals surface area contributed by atoms with E-state index in [1.54, 1.807) is 21.3 Å². The van der Waals surface area contributed by atoms with Crippen LogP contribution in [-0.2, 0) is 42.6 Å². The zero-order valence-corrected chi connectivity index (χ0v) is 19.2. The summed E-state index contributed by atoms with van der Waals surface area (Å²) in [7, 11) is 9.24. The van der Waals surface area contributed by atoms with Crippen LogP contribution in [0.4, 0.5) is 0 Å². The van der Waals surface area contributed by atoms with Crippen molar-refractivity contribution >= 4 is 0 Å². The van der Waals surface area contributed by atoms with Gasteiger partial charge in [0, 0.05) is 55.9 Å². The quantitative estimate of drug-likeness (QED) is 0.389. The molecule has 0 aromatic carbocycles. The van der Waals surface area contributed by atoms with Crippen LogP contribution in [0.15, 0.2) is 0 Å². The fourth-order valence-corrected chi connectivity index (χ4v) is 4.41. The van der Waals surface area contributed by atoms with E-state index in [0.29, 0.717) is 12.8 Å². The molecule has 11 heteroatoms. The molecular weight excluding hydrogens is 416 g/mol. The first-order chi connectivity index (χ1) is 15.0. The maximum atomic E-state index is 9.57. The molecule has 0 bridgehead atoms. The van der Waals surface area contributed by atoms with Crippen LogP contribution in [0.25, 0.3) is 0 Å². The lowest BCUT2D eigenvalue weighted by Gasteiger charge is -2.49. The number of rotatable bonds is 12. The molecule has 2 aliphatic heterocycles. The molecule has 0 amide bonds. The smallest absolute Gasteiger partial charge is 0.187 e. The molecule has 2 heterocycles. The monoisotopic (exact) mass is 454 g/mol. The van der Waals surface area contributed by atoms with Crippen LogP contribution >= 0.6 is 0 Å². The second-order valence-electron chi connectivity index (χ2n) is 7.45. The SMILES string of the molecule is COC1[C@H](O[C@@H]2C(CCO)O[C@@H](OC)C(OC)[C@@H]2OC)OC(CCO)[C@@H](OC)[C@H]1OC. The lowest BCUT2D eigenvalue weighted by molar-refractivity contribution is -0.362. The van der Waals surface area contributed by atoms with E-state index in [0.717, 1.165) is 0 Å². The number of hydrogen-bond acceptors (Lipinski definition) is 11. The highest BCUT2D eigenvalue weighted by Gasteiger charge is 2.52. The summed E-state index contributed by atoms with van der Waals surface area (Å²) in [5.74, 6) is 0. The predicted octanol–water partition coefficient (Wildman–Crippen LogP) is -0.692. The van der Waals surface area contributed by atoms with E-state index in [4.69, 9.17) is 42.6 Å². The normalized spacial score (nSPS) is 41.4. The molecule has 184 valence electrons. The van der Waals surface area contributed by atoms with Gasteiger partial charge in [0.05, 0.1) is 12.2 Å². The lowest BCUT2D eigenvalue weighted by atomic mass is 9.94. The van der Waals surface area contributed by atoms with Crippen LogP contribution in [0.2, 0.25) is 0 Å². The van der Waals surface area contributed by atoms with Crippen LogP contribution in [-0.4, -0.2) is 127 Å². The highest BCUT2D eigenvalue weighted by molar-refractivity contribution is 4.96. The van der Waals surface area contributed by atoms with E-state index < -0.39 is 61.4 Å². The molecule has 31 heavy (non-hydrogen) atoms. The third kappa shape index (κ3) is 5.92. The van der Waals surface area contributed by atoms with Gasteiger partial charge in [0.1, 0.15) is 36.6 Å². The van der Waals surface area contributed by atoms with Gasteiger partial charge in [-0.15, -0.1) is 0 Å². The Bertz CT molecular complexity index is 496. The fourth-order valence-electron chi connectivity index (χ4n) is 4.41. The molecule has 0 aromatic heterocycles. The molecule has 2 saturated heterocycles. The number of hydrogen-bond donors (Lipinski definition) is 2. The Morgan fingerprint density at radius 2 is 0.935 bits per heavy atom. The van der Waals surface area contributed by atoms with Gasteiger partial charge < -0.3 is 52.8 Å². The predicted molar refractivity (Wildman–Crippen MR) is 107 cm³/mol. The zero-order valence-electron chi connectivity index (χ0n) is 19.2. The van der Waals surface area contributed by atoms with Gasteiger partial charge in [-0.3, -0.25) is 0 Å². The Kier molecular flexibility index (Phi) is 11.5. The Labute approximate surface area is 183 Å². The molecular formula is C20H38O11. The van der Waals surface area contributed by atoms with E-state index in [9.17, 15) is 10.2 Å². The summed E-state index contributed by atoms with van der Waals surface area (Å²) >= 11 is 0. The van der Waals surface area contributed by atoms with Crippen LogP contribution in [0.1, 0.15) is 12.8 Å². The van der Waals surface area contributed by atoms with Crippen LogP contribution in [0.3, 0.4) is 0 Å². The molecule has 2 aliphatic rings. The molecule has 2 rings (SSSR count). The summed E-state index contributed by atoms with van der Waals surface area (Å²) in [6.45, 7) is -0.208. The maximum absolute atomic E-state index is 9.57. The molecule has 10 atom stereocenters. The molecule has 0 aliphatic carbocycles. The highest BCUT2D eigenvalue weighted by atomic mass is 16.8. The minimum atomic E-state index is -0.873. The summed E-state index contributed by atoms with van der Waals surface area (Å²) in [6.07, 6.45) is -5.37. The standard InChI is InChI=1S/C20H38O11/c1-23-13-11(7-9-21)30-20(18(27-5)15(13)24-2)31-14-12(8-10-22)29-19(28-6)17(26-4)16(14)25-3/h11-22H,7-10H2,1-6H3/t11?,12?,13-,14-,15-,16-,17?,18?,19-,20+/m1/s1. The van der Waals surface area contributed by atoms with Gasteiger partial charge in [0.15, 0.2) is 12.6 Å². The van der Waals surface area contributed by atoms with E-state index in [1.807, 2.05) is 0 Å². The van der Waals surface area contributed by atoms with Gasteiger partial charge in [0.2, 0.25) is 0 Å². The third-order valence-corrected chi connectivity index (χ3v) is 5.89. The molecule has 2 fully saturated rings. The van der Waals surface area contributed by atoms with Crippen molar-refractivity contribution in [3.63, 3.8) is 0 Å². The largest absolute Gasteiger partial charge is 0.396 e. The van der Waals surface area contributed by atoms with Crippen molar-refractivity contribution in [1.29, 1.82) is 0 Å². The van der Waals surface area contributed by atoms with Gasteiger partial charge in [-0.1, -0.05) is 0 Å². The minimum Gasteiger partial charge on any atom is -0.396 e. The molecule has 0 radical (unpaired) electrons. The van der Waals surface area contributed by atoms with Gasteiger partial charge in [-0.2, -0.15) is 0 Å². The average molecular weight is 455 g/mol. The van der Waals surface area contributed by atoms with Gasteiger partial charge in [-0.25, -0.2) is 0 Å². The Balaban J connectivity index is 2.32. The number of aliphatic hydroxyl groups excluding tert-OH is 2. The third-order valence-electron chi connectivity index (χ3n) is 5.89. The van der Waals surface area contributed by atoms with E-state index >= 15 is 0 Å². The first kappa shape index (κ1) is 26.8. The van der Waals surface area contributed by atoms with Gasteiger partial charge in [-0.05, 0) is 12.8 Å². The molecule has 4 unspecified atom stereocenters. The Morgan fingerprint density at radius 1 is 0.516 bits per heavy atom. The Hall–Kier alpha value is -0.440. The lowest BCUT2D eigenvalue weighted by Crippen LogP contribution is -2.65. The fraction of sp³-hybridized carbons (Fsp3) is 1.00. The molecule has 2 N–H and O–H groups in total. The van der Waals surface area contributed by atoms with Crippen molar-refractivity contribution in [3.05, 3.63) is 0 Å². The highest BCUT2D eigenvalue weighted by Crippen LogP contribution is 2.34. The number of aliphatic hydroxyl groups is 2. The van der Waals surface area contributed by atoms with Crippen molar-refractivity contribution in [2.45, 2.75) is 74.3 Å². The van der Waals surface area contributed by atoms with Crippen LogP contribution in [0.5, 0.6) is 0 Å². The first-order valence-corrected chi connectivity index (χ1v) is 10.4. The van der Waals surface area contributed by atoms with Gasteiger partial charge >= 0.3 is 0 Å². The van der Waals surface area contributed by atoms with Crippen molar-refractivity contribution in [3.8, 4) is 0 Å². The second-order valence-corrected chi connectivity index (χ2v) is 7.45. The molecule has 0 spiro atoms. The van der Waals surface area contributed by atoms with Gasteiger partial charge in [0.25, 0.3) is 0 Å². The zero-order chi connectivity index (χ0) is 23.0. The number of methoxy groups -OCH3 is 6. The first-order valence-electron chi connectivity index (χ1n) is 10.4. The summed E-state index contributed by atoms with van der Waals surface area (Å²) in [6, 6.07) is 0. The minimum absolute atomic E-state index is 0.0903. The van der Waals surface area contributed by atoms with Crippen molar-refractivity contribution < 1.29 is 52.8 Å². The summed E-state index contributed by atoms with van der Waals surface area (Å²) in [5.41, 5.74) is 0. The van der Waals surface area contributed by atoms with E-state index in [-0.39, 0.29) is 13.2 Å². The summed E-state index contributed by atoms with van der Waals surface area (Å²) in [4.78, 5) is 0.